The Bertz CT molecular complexity index is 1120. The van der Waals surface area contributed by atoms with Crippen LogP contribution in [-0.4, -0.2) is 31.3 Å². The number of aromatic nitrogens is 1. The number of carbonyl (C=O) groups excluding carboxylic acids is 2. The number of fused-ring (bicyclic) bond motifs is 1. The summed E-state index contributed by atoms with van der Waals surface area (Å²) < 4.78 is 5.04. The van der Waals surface area contributed by atoms with Crippen LogP contribution in [0.25, 0.3) is 11.3 Å². The molecular formula is C28H35N3O3S. The predicted molar refractivity (Wildman–Crippen MR) is 144 cm³/mol. The Morgan fingerprint density at radius 1 is 1.20 bits per heavy atom. The summed E-state index contributed by atoms with van der Waals surface area (Å²) in [5, 5.41) is 8.83. The van der Waals surface area contributed by atoms with Crippen molar-refractivity contribution in [2.24, 2.45) is 0 Å². The normalized spacial score (nSPS) is 12.3. The molecule has 0 saturated carbocycles. The predicted octanol–water partition coefficient (Wildman–Crippen LogP) is 5.88. The van der Waals surface area contributed by atoms with Crippen LogP contribution in [0, 0.1) is 6.92 Å². The van der Waals surface area contributed by atoms with Gasteiger partial charge in [-0.05, 0) is 43.7 Å². The second kappa shape index (κ2) is 14.2. The van der Waals surface area contributed by atoms with E-state index in [4.69, 9.17) is 4.74 Å². The van der Waals surface area contributed by atoms with Gasteiger partial charge in [0.05, 0.1) is 23.9 Å². The average Bonchev–Trinajstić information content (AvgIpc) is 3.46. The van der Waals surface area contributed by atoms with Crippen molar-refractivity contribution < 1.29 is 14.3 Å². The Hall–Kier alpha value is -3.29. The fourth-order valence-corrected chi connectivity index (χ4v) is 4.21. The molecule has 2 N–H and O–H groups in total. The number of methoxy groups -OCH3 is 1. The monoisotopic (exact) mass is 493 g/mol. The van der Waals surface area contributed by atoms with Gasteiger partial charge in [-0.2, -0.15) is 0 Å². The van der Waals surface area contributed by atoms with Gasteiger partial charge < -0.3 is 15.4 Å². The molecule has 1 heterocycles. The van der Waals surface area contributed by atoms with E-state index in [2.05, 4.69) is 36.0 Å². The molecule has 1 atom stereocenters. The Morgan fingerprint density at radius 3 is 2.43 bits per heavy atom. The molecule has 6 nitrogen and oxygen atoms in total. The van der Waals surface area contributed by atoms with Crippen LogP contribution in [0.15, 0.2) is 60.1 Å². The summed E-state index contributed by atoms with van der Waals surface area (Å²) in [7, 11) is 3.45. The van der Waals surface area contributed by atoms with Crippen molar-refractivity contribution in [1.82, 2.24) is 15.6 Å². The number of nitrogens with one attached hydrogen (secondary N) is 2. The lowest BCUT2D eigenvalue weighted by atomic mass is 10.0. The second-order valence-electron chi connectivity index (χ2n) is 8.04. The zero-order valence-electron chi connectivity index (χ0n) is 21.2. The van der Waals surface area contributed by atoms with Gasteiger partial charge in [0.25, 0.3) is 0 Å². The number of rotatable bonds is 7. The van der Waals surface area contributed by atoms with E-state index in [1.165, 1.54) is 6.42 Å². The van der Waals surface area contributed by atoms with Crippen molar-refractivity contribution in [2.75, 3.05) is 14.2 Å². The molecule has 1 aromatic heterocycles. The Balaban J connectivity index is 0.000000243. The summed E-state index contributed by atoms with van der Waals surface area (Å²) in [6, 6.07) is 13.7. The third-order valence-electron chi connectivity index (χ3n) is 5.28. The molecule has 1 unspecified atom stereocenters. The van der Waals surface area contributed by atoms with Crippen molar-refractivity contribution in [3.63, 3.8) is 0 Å². The lowest BCUT2D eigenvalue weighted by molar-refractivity contribution is -0.109. The maximum absolute atomic E-state index is 11.3. The highest BCUT2D eigenvalue weighted by atomic mass is 32.1. The highest BCUT2D eigenvalue weighted by Gasteiger charge is 2.19. The lowest BCUT2D eigenvalue weighted by Crippen LogP contribution is -2.25. The molecule has 0 saturated heterocycles. The molecule has 1 aliphatic rings. The largest absolute Gasteiger partial charge is 0.497 e. The smallest absolute Gasteiger partial charge is 0.211 e. The molecule has 0 fully saturated rings. The van der Waals surface area contributed by atoms with Gasteiger partial charge in [-0.3, -0.25) is 9.59 Å². The van der Waals surface area contributed by atoms with Gasteiger partial charge in [0.2, 0.25) is 6.41 Å². The lowest BCUT2D eigenvalue weighted by Gasteiger charge is -2.18. The molecule has 35 heavy (non-hydrogen) atoms. The molecule has 3 aromatic rings. The van der Waals surface area contributed by atoms with Crippen molar-refractivity contribution in [3.8, 4) is 17.0 Å². The number of benzene rings is 2. The number of Topliss-reactive ketones (excluding diaryl/α,β-unsaturated/α-hetero) is 1. The molecule has 0 radical (unpaired) electrons. The summed E-state index contributed by atoms with van der Waals surface area (Å²) in [5.74, 6) is 1.01. The van der Waals surface area contributed by atoms with E-state index in [0.29, 0.717) is 18.5 Å². The molecule has 0 aliphatic heterocycles. The number of carbonyl (C=O) groups is 2. The number of aryl methyl sites for hydroxylation is 2. The number of ether oxygens (including phenoxy) is 1. The van der Waals surface area contributed by atoms with E-state index >= 15 is 0 Å². The van der Waals surface area contributed by atoms with Gasteiger partial charge in [0.1, 0.15) is 5.75 Å². The number of hydrogen-bond acceptors (Lipinski definition) is 6. The minimum absolute atomic E-state index is 0.105. The topological polar surface area (TPSA) is 80.3 Å². The third-order valence-corrected chi connectivity index (χ3v) is 6.05. The van der Waals surface area contributed by atoms with E-state index in [1.807, 2.05) is 61.8 Å². The highest BCUT2D eigenvalue weighted by molar-refractivity contribution is 7.09. The second-order valence-corrected chi connectivity index (χ2v) is 9.10. The quantitative estimate of drug-likeness (QED) is 0.402. The van der Waals surface area contributed by atoms with Gasteiger partial charge in [-0.1, -0.05) is 57.2 Å². The van der Waals surface area contributed by atoms with Crippen LogP contribution >= 0.6 is 11.3 Å². The van der Waals surface area contributed by atoms with Gasteiger partial charge >= 0.3 is 0 Å². The van der Waals surface area contributed by atoms with Crippen molar-refractivity contribution in [3.05, 3.63) is 81.8 Å². The zero-order chi connectivity index (χ0) is 25.8. The molecular weight excluding hydrogens is 458 g/mol. The average molecular weight is 494 g/mol. The minimum Gasteiger partial charge on any atom is -0.497 e. The summed E-state index contributed by atoms with van der Waals surface area (Å²) in [5.41, 5.74) is 5.74. The summed E-state index contributed by atoms with van der Waals surface area (Å²) >= 11 is 1.64. The molecule has 2 aromatic carbocycles. The summed E-state index contributed by atoms with van der Waals surface area (Å²) in [4.78, 5) is 26.2. The van der Waals surface area contributed by atoms with Crippen molar-refractivity contribution in [1.29, 1.82) is 0 Å². The first-order valence-corrected chi connectivity index (χ1v) is 12.5. The molecule has 0 bridgehead atoms. The van der Waals surface area contributed by atoms with Crippen LogP contribution in [0.3, 0.4) is 0 Å². The number of likely N-dealkylation sites (N-methyl/N-ethyl adjacent to an activating group) is 1. The van der Waals surface area contributed by atoms with Crippen molar-refractivity contribution >= 4 is 23.5 Å². The van der Waals surface area contributed by atoms with E-state index in [0.717, 1.165) is 45.1 Å². The molecule has 1 aliphatic carbocycles. The number of nitrogens with zero attached hydrogens (tertiary/aromatic N) is 1. The van der Waals surface area contributed by atoms with E-state index in [-0.39, 0.29) is 11.8 Å². The molecule has 7 heteroatoms. The molecule has 1 amide bonds. The minimum atomic E-state index is -0.105. The first-order valence-electron chi connectivity index (χ1n) is 11.7. The maximum Gasteiger partial charge on any atom is 0.211 e. The van der Waals surface area contributed by atoms with Crippen LogP contribution in [0.5, 0.6) is 5.75 Å². The van der Waals surface area contributed by atoms with Gasteiger partial charge in [-0.25, -0.2) is 4.98 Å². The Morgan fingerprint density at radius 2 is 1.89 bits per heavy atom. The Kier molecular flexibility index (Phi) is 11.3. The van der Waals surface area contributed by atoms with Crippen LogP contribution < -0.4 is 15.4 Å². The number of amides is 1. The number of ketones is 1. The third kappa shape index (κ3) is 7.87. The van der Waals surface area contributed by atoms with Crippen LogP contribution in [-0.2, 0) is 11.2 Å². The first kappa shape index (κ1) is 28.0. The Labute approximate surface area is 212 Å². The number of hydrogen-bond donors (Lipinski definition) is 2. The first-order chi connectivity index (χ1) is 16.9. The van der Waals surface area contributed by atoms with E-state index in [9.17, 15) is 9.59 Å². The zero-order valence-corrected chi connectivity index (χ0v) is 22.0. The number of thiazole rings is 1. The maximum atomic E-state index is 11.3. The van der Waals surface area contributed by atoms with Crippen LogP contribution in [0.4, 0.5) is 0 Å². The summed E-state index contributed by atoms with van der Waals surface area (Å²) in [6.07, 6.45) is 3.43. The SMILES string of the molecule is C=C(NC=O)C(NC)c1ccc(-c2csc(C)n2)cc1.CCC.COc1ccc2c(c1)C(=O)CC2. The van der Waals surface area contributed by atoms with E-state index in [1.54, 1.807) is 18.4 Å². The fourth-order valence-electron chi connectivity index (χ4n) is 3.59. The summed E-state index contributed by atoms with van der Waals surface area (Å²) in [6.45, 7) is 10.1. The van der Waals surface area contributed by atoms with Gasteiger partial charge in [0.15, 0.2) is 5.78 Å². The highest BCUT2D eigenvalue weighted by Crippen LogP contribution is 2.26. The molecule has 0 spiro atoms. The van der Waals surface area contributed by atoms with Crippen molar-refractivity contribution in [2.45, 2.75) is 46.1 Å². The standard InChI is InChI=1S/C15H17N3OS.C10H10O2.C3H8/c1-10(17-9-19)15(16-3)13-6-4-12(5-7-13)14-8-20-11(2)18-14;1-12-8-4-2-7-3-5-10(11)9(7)6-8;1-3-2/h4-9,15-16H,1H2,2-3H3,(H,17,19);2,4,6H,3,5H2,1H3;3H2,1-2H3. The van der Waals surface area contributed by atoms with E-state index < -0.39 is 0 Å². The molecule has 4 rings (SSSR count). The molecule has 186 valence electrons. The fraction of sp³-hybridized carbons (Fsp3) is 0.321. The van der Waals surface area contributed by atoms with Gasteiger partial charge in [-0.15, -0.1) is 11.3 Å². The van der Waals surface area contributed by atoms with Crippen LogP contribution in [0.1, 0.15) is 59.2 Å². The van der Waals surface area contributed by atoms with Crippen LogP contribution in [0.2, 0.25) is 0 Å². The van der Waals surface area contributed by atoms with Gasteiger partial charge in [0, 0.05) is 28.6 Å².